The molecule has 3 aromatic rings. The Morgan fingerprint density at radius 3 is 2.74 bits per heavy atom. The van der Waals surface area contributed by atoms with Gasteiger partial charge in [0.2, 0.25) is 0 Å². The van der Waals surface area contributed by atoms with Gasteiger partial charge in [0, 0.05) is 18.8 Å². The fourth-order valence-electron chi connectivity index (χ4n) is 2.45. The minimum absolute atomic E-state index is 0.657. The van der Waals surface area contributed by atoms with E-state index in [4.69, 9.17) is 12.2 Å². The van der Waals surface area contributed by atoms with Crippen LogP contribution >= 0.6 is 12.2 Å². The van der Waals surface area contributed by atoms with Gasteiger partial charge in [0.1, 0.15) is 0 Å². The van der Waals surface area contributed by atoms with Gasteiger partial charge in [0.25, 0.3) is 0 Å². The molecule has 0 fully saturated rings. The zero-order valence-electron chi connectivity index (χ0n) is 13.1. The lowest BCUT2D eigenvalue weighted by Gasteiger charge is -2.11. The summed E-state index contributed by atoms with van der Waals surface area (Å²) in [5.41, 5.74) is 4.46. The molecular weight excluding hydrogens is 304 g/mol. The number of aromatic nitrogens is 2. The SMILES string of the molecule is Cc1ccc(NC(=S)NCCCn2cnc3ccccc32)cc1. The van der Waals surface area contributed by atoms with Crippen molar-refractivity contribution < 1.29 is 0 Å². The van der Waals surface area contributed by atoms with Crippen LogP contribution in [0, 0.1) is 6.92 Å². The maximum atomic E-state index is 5.32. The van der Waals surface area contributed by atoms with Crippen molar-refractivity contribution in [3.05, 3.63) is 60.4 Å². The first-order valence-electron chi connectivity index (χ1n) is 7.74. The molecule has 0 aliphatic heterocycles. The van der Waals surface area contributed by atoms with Crippen molar-refractivity contribution in [2.45, 2.75) is 19.9 Å². The summed E-state index contributed by atoms with van der Waals surface area (Å²) in [6.45, 7) is 3.81. The molecule has 23 heavy (non-hydrogen) atoms. The summed E-state index contributed by atoms with van der Waals surface area (Å²) in [6, 6.07) is 16.4. The highest BCUT2D eigenvalue weighted by Crippen LogP contribution is 2.12. The third kappa shape index (κ3) is 4.07. The highest BCUT2D eigenvalue weighted by molar-refractivity contribution is 7.80. The lowest BCUT2D eigenvalue weighted by molar-refractivity contribution is 0.645. The first-order chi connectivity index (χ1) is 11.2. The highest BCUT2D eigenvalue weighted by atomic mass is 32.1. The smallest absolute Gasteiger partial charge is 0.170 e. The molecule has 0 saturated carbocycles. The van der Waals surface area contributed by atoms with Crippen molar-refractivity contribution in [3.63, 3.8) is 0 Å². The van der Waals surface area contributed by atoms with Crippen LogP contribution in [-0.4, -0.2) is 21.2 Å². The lowest BCUT2D eigenvalue weighted by Crippen LogP contribution is -2.29. The second kappa shape index (κ2) is 7.24. The number of hydrogen-bond donors (Lipinski definition) is 2. The van der Waals surface area contributed by atoms with Crippen molar-refractivity contribution in [1.29, 1.82) is 0 Å². The lowest BCUT2D eigenvalue weighted by atomic mass is 10.2. The number of benzene rings is 2. The van der Waals surface area contributed by atoms with Gasteiger partial charge in [-0.15, -0.1) is 0 Å². The van der Waals surface area contributed by atoms with Gasteiger partial charge in [-0.25, -0.2) is 4.98 Å². The van der Waals surface area contributed by atoms with Crippen LogP contribution in [-0.2, 0) is 6.54 Å². The van der Waals surface area contributed by atoms with Crippen molar-refractivity contribution in [1.82, 2.24) is 14.9 Å². The second-order valence-electron chi connectivity index (χ2n) is 5.53. The van der Waals surface area contributed by atoms with Gasteiger partial charge in [-0.1, -0.05) is 29.8 Å². The fourth-order valence-corrected chi connectivity index (χ4v) is 2.67. The van der Waals surface area contributed by atoms with Crippen molar-refractivity contribution in [3.8, 4) is 0 Å². The van der Waals surface area contributed by atoms with Crippen LogP contribution < -0.4 is 10.6 Å². The Labute approximate surface area is 141 Å². The second-order valence-corrected chi connectivity index (χ2v) is 5.94. The van der Waals surface area contributed by atoms with Crippen LogP contribution in [0.2, 0.25) is 0 Å². The van der Waals surface area contributed by atoms with Gasteiger partial charge in [-0.3, -0.25) is 0 Å². The van der Waals surface area contributed by atoms with E-state index in [1.807, 2.05) is 36.7 Å². The Hall–Kier alpha value is -2.40. The zero-order chi connectivity index (χ0) is 16.1. The van der Waals surface area contributed by atoms with E-state index in [-0.39, 0.29) is 0 Å². The van der Waals surface area contributed by atoms with E-state index in [1.165, 1.54) is 11.1 Å². The van der Waals surface area contributed by atoms with Gasteiger partial charge < -0.3 is 15.2 Å². The van der Waals surface area contributed by atoms with E-state index in [0.29, 0.717) is 5.11 Å². The number of nitrogens with one attached hydrogen (secondary N) is 2. The molecule has 0 aliphatic carbocycles. The molecule has 118 valence electrons. The maximum Gasteiger partial charge on any atom is 0.170 e. The molecule has 0 unspecified atom stereocenters. The normalized spacial score (nSPS) is 10.7. The van der Waals surface area contributed by atoms with Gasteiger partial charge in [0.05, 0.1) is 17.4 Å². The summed E-state index contributed by atoms with van der Waals surface area (Å²) in [5, 5.41) is 7.09. The first-order valence-corrected chi connectivity index (χ1v) is 8.14. The van der Waals surface area contributed by atoms with Gasteiger partial charge >= 0.3 is 0 Å². The quantitative estimate of drug-likeness (QED) is 0.554. The molecule has 0 radical (unpaired) electrons. The zero-order valence-corrected chi connectivity index (χ0v) is 13.9. The average Bonchev–Trinajstić information content (AvgIpc) is 2.97. The Morgan fingerprint density at radius 1 is 1.13 bits per heavy atom. The van der Waals surface area contributed by atoms with Crippen LogP contribution in [0.25, 0.3) is 11.0 Å². The topological polar surface area (TPSA) is 41.9 Å². The van der Waals surface area contributed by atoms with Crippen molar-refractivity contribution in [2.24, 2.45) is 0 Å². The van der Waals surface area contributed by atoms with E-state index in [1.54, 1.807) is 0 Å². The van der Waals surface area contributed by atoms with Crippen molar-refractivity contribution in [2.75, 3.05) is 11.9 Å². The largest absolute Gasteiger partial charge is 0.362 e. The molecule has 3 rings (SSSR count). The Kier molecular flexibility index (Phi) is 4.88. The Morgan fingerprint density at radius 2 is 1.91 bits per heavy atom. The number of imidazole rings is 1. The van der Waals surface area contributed by atoms with Gasteiger partial charge in [-0.2, -0.15) is 0 Å². The number of hydrogen-bond acceptors (Lipinski definition) is 2. The summed E-state index contributed by atoms with van der Waals surface area (Å²) >= 11 is 5.32. The monoisotopic (exact) mass is 324 g/mol. The minimum Gasteiger partial charge on any atom is -0.362 e. The number of aryl methyl sites for hydroxylation is 2. The predicted octanol–water partition coefficient (Wildman–Crippen LogP) is 3.72. The molecule has 5 heteroatoms. The van der Waals surface area contributed by atoms with Crippen LogP contribution in [0.3, 0.4) is 0 Å². The fraction of sp³-hybridized carbons (Fsp3) is 0.222. The molecule has 0 saturated heterocycles. The molecule has 4 nitrogen and oxygen atoms in total. The van der Waals surface area contributed by atoms with Crippen molar-refractivity contribution >= 4 is 34.1 Å². The molecule has 0 amide bonds. The molecule has 2 N–H and O–H groups in total. The highest BCUT2D eigenvalue weighted by Gasteiger charge is 2.01. The minimum atomic E-state index is 0.657. The van der Waals surface area contributed by atoms with E-state index in [0.717, 1.165) is 30.7 Å². The van der Waals surface area contributed by atoms with E-state index in [9.17, 15) is 0 Å². The van der Waals surface area contributed by atoms with Gasteiger partial charge in [-0.05, 0) is 49.8 Å². The van der Waals surface area contributed by atoms with E-state index < -0.39 is 0 Å². The van der Waals surface area contributed by atoms with Crippen LogP contribution in [0.1, 0.15) is 12.0 Å². The Bertz CT molecular complexity index is 792. The standard InChI is InChI=1S/C18H20N4S/c1-14-7-9-15(10-8-14)21-18(23)19-11-4-12-22-13-20-16-5-2-3-6-17(16)22/h2-3,5-10,13H,4,11-12H2,1H3,(H2,19,21,23). The molecule has 1 aromatic heterocycles. The summed E-state index contributed by atoms with van der Waals surface area (Å²) in [5.74, 6) is 0. The van der Waals surface area contributed by atoms with Crippen LogP contribution in [0.5, 0.6) is 0 Å². The van der Waals surface area contributed by atoms with Crippen LogP contribution in [0.15, 0.2) is 54.9 Å². The molecule has 2 aromatic carbocycles. The maximum absolute atomic E-state index is 5.32. The number of rotatable bonds is 5. The van der Waals surface area contributed by atoms with E-state index >= 15 is 0 Å². The number of anilines is 1. The van der Waals surface area contributed by atoms with Crippen LogP contribution in [0.4, 0.5) is 5.69 Å². The molecule has 0 atom stereocenters. The number of thiocarbonyl (C=S) groups is 1. The predicted molar refractivity (Wildman–Crippen MR) is 99.8 cm³/mol. The first kappa shape index (κ1) is 15.5. The van der Waals surface area contributed by atoms with Gasteiger partial charge in [0.15, 0.2) is 5.11 Å². The number of fused-ring (bicyclic) bond motifs is 1. The summed E-state index contributed by atoms with van der Waals surface area (Å²) in [6.07, 6.45) is 2.88. The summed E-state index contributed by atoms with van der Waals surface area (Å²) in [7, 11) is 0. The molecular formula is C18H20N4S. The average molecular weight is 324 g/mol. The third-order valence-electron chi connectivity index (χ3n) is 3.70. The summed E-state index contributed by atoms with van der Waals surface area (Å²) < 4.78 is 2.17. The summed E-state index contributed by atoms with van der Waals surface area (Å²) in [4.78, 5) is 4.40. The Balaban J connectivity index is 1.44. The molecule has 1 heterocycles. The molecule has 0 spiro atoms. The number of nitrogens with zero attached hydrogens (tertiary/aromatic N) is 2. The molecule has 0 bridgehead atoms. The third-order valence-corrected chi connectivity index (χ3v) is 3.94. The van der Waals surface area contributed by atoms with E-state index in [2.05, 4.69) is 45.3 Å². The molecule has 0 aliphatic rings. The number of para-hydroxylation sites is 2.